The van der Waals surface area contributed by atoms with E-state index >= 15 is 0 Å². The first-order chi connectivity index (χ1) is 10.6. The average Bonchev–Trinajstić information content (AvgIpc) is 2.49. The van der Waals surface area contributed by atoms with Crippen LogP contribution in [0, 0.1) is 0 Å². The van der Waals surface area contributed by atoms with E-state index in [0.29, 0.717) is 36.4 Å². The number of nitrogens with zero attached hydrogens (tertiary/aromatic N) is 1. The Labute approximate surface area is 144 Å². The second-order valence-electron chi connectivity index (χ2n) is 4.06. The lowest BCUT2D eigenvalue weighted by molar-refractivity contribution is 0.286. The molecule has 0 saturated carbocycles. The zero-order valence-electron chi connectivity index (χ0n) is 12.7. The highest BCUT2D eigenvalue weighted by atomic mass is 79.9. The highest BCUT2D eigenvalue weighted by Crippen LogP contribution is 2.36. The summed E-state index contributed by atoms with van der Waals surface area (Å²) in [5.74, 6) is 1.37. The predicted octanol–water partition coefficient (Wildman–Crippen LogP) is 3.23. The van der Waals surface area contributed by atoms with Crippen molar-refractivity contribution in [2.24, 2.45) is 5.10 Å². The van der Waals surface area contributed by atoms with Gasteiger partial charge in [-0.2, -0.15) is 5.10 Å². The third-order valence-electron chi connectivity index (χ3n) is 2.41. The summed E-state index contributed by atoms with van der Waals surface area (Å²) in [6.07, 6.45) is 3.38. The molecule has 1 aromatic carbocycles. The molecule has 0 saturated heterocycles. The number of hydrogen-bond donors (Lipinski definition) is 2. The third-order valence-corrected chi connectivity index (χ3v) is 3.23. The summed E-state index contributed by atoms with van der Waals surface area (Å²) in [5, 5.41) is 7.44. The number of nitrogens with one attached hydrogen (secondary N) is 2. The molecule has 22 heavy (non-hydrogen) atoms. The van der Waals surface area contributed by atoms with Crippen molar-refractivity contribution in [3.63, 3.8) is 0 Å². The maximum Gasteiger partial charge on any atom is 0.187 e. The predicted molar refractivity (Wildman–Crippen MR) is 98.0 cm³/mol. The van der Waals surface area contributed by atoms with Crippen LogP contribution in [0.5, 0.6) is 11.5 Å². The van der Waals surface area contributed by atoms with Gasteiger partial charge in [0.25, 0.3) is 0 Å². The Morgan fingerprint density at radius 2 is 2.09 bits per heavy atom. The SMILES string of the molecule is C=CCNC(=S)N/N=C\c1cc(Br)c(OCC)c(OCC)c1. The second kappa shape index (κ2) is 10.2. The maximum absolute atomic E-state index is 5.61. The van der Waals surface area contributed by atoms with Crippen molar-refractivity contribution >= 4 is 39.5 Å². The fourth-order valence-electron chi connectivity index (χ4n) is 1.58. The van der Waals surface area contributed by atoms with Crippen LogP contribution >= 0.6 is 28.1 Å². The summed E-state index contributed by atoms with van der Waals surface area (Å²) in [5.41, 5.74) is 3.59. The Hall–Kier alpha value is -1.60. The maximum atomic E-state index is 5.61. The summed E-state index contributed by atoms with van der Waals surface area (Å²) in [4.78, 5) is 0. The first-order valence-electron chi connectivity index (χ1n) is 6.89. The summed E-state index contributed by atoms with van der Waals surface area (Å²) in [6, 6.07) is 3.77. The Kier molecular flexibility index (Phi) is 8.54. The molecule has 0 aliphatic carbocycles. The lowest BCUT2D eigenvalue weighted by atomic mass is 10.2. The van der Waals surface area contributed by atoms with Gasteiger partial charge in [-0.1, -0.05) is 6.08 Å². The van der Waals surface area contributed by atoms with E-state index in [-0.39, 0.29) is 0 Å². The first-order valence-corrected chi connectivity index (χ1v) is 8.09. The van der Waals surface area contributed by atoms with Crippen molar-refractivity contribution in [2.75, 3.05) is 19.8 Å². The Morgan fingerprint density at radius 1 is 1.36 bits per heavy atom. The van der Waals surface area contributed by atoms with E-state index in [9.17, 15) is 0 Å². The van der Waals surface area contributed by atoms with Crippen LogP contribution in [0.4, 0.5) is 0 Å². The van der Waals surface area contributed by atoms with Crippen LogP contribution in [0.25, 0.3) is 0 Å². The van der Waals surface area contributed by atoms with Gasteiger partial charge >= 0.3 is 0 Å². The standard InChI is InChI=1S/C15H20BrN3O2S/c1-4-7-17-15(22)19-18-10-11-8-12(16)14(21-6-3)13(9-11)20-5-2/h4,8-10H,1,5-7H2,2-3H3,(H2,17,19,22)/b18-10-. The molecule has 2 N–H and O–H groups in total. The highest BCUT2D eigenvalue weighted by Gasteiger charge is 2.11. The lowest BCUT2D eigenvalue weighted by Crippen LogP contribution is -2.31. The molecule has 7 heteroatoms. The second-order valence-corrected chi connectivity index (χ2v) is 5.33. The number of ether oxygens (including phenoxy) is 2. The van der Waals surface area contributed by atoms with Crippen LogP contribution in [0.1, 0.15) is 19.4 Å². The van der Waals surface area contributed by atoms with E-state index in [1.807, 2.05) is 26.0 Å². The molecule has 5 nitrogen and oxygen atoms in total. The van der Waals surface area contributed by atoms with E-state index in [1.54, 1.807) is 12.3 Å². The van der Waals surface area contributed by atoms with Gasteiger partial charge in [-0.25, -0.2) is 0 Å². The van der Waals surface area contributed by atoms with E-state index < -0.39 is 0 Å². The number of hydrazone groups is 1. The molecule has 1 aromatic rings. The Bertz CT molecular complexity index is 550. The van der Waals surface area contributed by atoms with Crippen LogP contribution in [0.15, 0.2) is 34.4 Å². The minimum Gasteiger partial charge on any atom is -0.490 e. The molecule has 0 aliphatic heterocycles. The van der Waals surface area contributed by atoms with Gasteiger partial charge in [0.1, 0.15) is 0 Å². The number of thiocarbonyl (C=S) groups is 1. The van der Waals surface area contributed by atoms with Crippen molar-refractivity contribution in [3.8, 4) is 11.5 Å². The van der Waals surface area contributed by atoms with Gasteiger partial charge in [0, 0.05) is 6.54 Å². The van der Waals surface area contributed by atoms with Gasteiger partial charge in [-0.3, -0.25) is 5.43 Å². The molecular formula is C15H20BrN3O2S. The quantitative estimate of drug-likeness (QED) is 0.311. The Morgan fingerprint density at radius 3 is 2.73 bits per heavy atom. The van der Waals surface area contributed by atoms with Gasteiger partial charge in [-0.15, -0.1) is 6.58 Å². The number of rotatable bonds is 8. The monoisotopic (exact) mass is 385 g/mol. The number of halogens is 1. The van der Waals surface area contributed by atoms with Crippen LogP contribution in [0.3, 0.4) is 0 Å². The molecule has 0 spiro atoms. The van der Waals surface area contributed by atoms with Gasteiger partial charge < -0.3 is 14.8 Å². The third kappa shape index (κ3) is 6.03. The zero-order chi connectivity index (χ0) is 16.4. The smallest absolute Gasteiger partial charge is 0.187 e. The minimum atomic E-state index is 0.436. The van der Waals surface area contributed by atoms with Gasteiger partial charge in [0.05, 0.1) is 23.9 Å². The zero-order valence-corrected chi connectivity index (χ0v) is 15.1. The van der Waals surface area contributed by atoms with Crippen molar-refractivity contribution < 1.29 is 9.47 Å². The molecule has 0 aromatic heterocycles. The molecule has 0 amide bonds. The molecule has 120 valence electrons. The normalized spacial score (nSPS) is 10.3. The minimum absolute atomic E-state index is 0.436. The molecule has 1 rings (SSSR count). The number of hydrogen-bond acceptors (Lipinski definition) is 4. The molecule has 0 unspecified atom stereocenters. The van der Waals surface area contributed by atoms with E-state index in [2.05, 4.69) is 38.4 Å². The first kappa shape index (κ1) is 18.4. The summed E-state index contributed by atoms with van der Waals surface area (Å²) < 4.78 is 12.0. The summed E-state index contributed by atoms with van der Waals surface area (Å²) in [6.45, 7) is 9.17. The van der Waals surface area contributed by atoms with Crippen LogP contribution in [0.2, 0.25) is 0 Å². The molecule has 0 radical (unpaired) electrons. The van der Waals surface area contributed by atoms with Gasteiger partial charge in [-0.05, 0) is 59.7 Å². The van der Waals surface area contributed by atoms with Crippen LogP contribution < -0.4 is 20.2 Å². The topological polar surface area (TPSA) is 54.9 Å². The lowest BCUT2D eigenvalue weighted by Gasteiger charge is -2.13. The Balaban J connectivity index is 2.82. The van der Waals surface area contributed by atoms with Crippen molar-refractivity contribution in [1.29, 1.82) is 0 Å². The summed E-state index contributed by atoms with van der Waals surface area (Å²) in [7, 11) is 0. The van der Waals surface area contributed by atoms with Crippen LogP contribution in [-0.4, -0.2) is 31.1 Å². The van der Waals surface area contributed by atoms with Crippen LogP contribution in [-0.2, 0) is 0 Å². The highest BCUT2D eigenvalue weighted by molar-refractivity contribution is 9.10. The fraction of sp³-hybridized carbons (Fsp3) is 0.333. The number of benzene rings is 1. The largest absolute Gasteiger partial charge is 0.490 e. The van der Waals surface area contributed by atoms with Crippen molar-refractivity contribution in [2.45, 2.75) is 13.8 Å². The van der Waals surface area contributed by atoms with Gasteiger partial charge in [0.15, 0.2) is 16.6 Å². The van der Waals surface area contributed by atoms with Crippen molar-refractivity contribution in [3.05, 3.63) is 34.8 Å². The molecule has 0 bridgehead atoms. The van der Waals surface area contributed by atoms with E-state index in [4.69, 9.17) is 21.7 Å². The average molecular weight is 386 g/mol. The fourth-order valence-corrected chi connectivity index (χ4v) is 2.29. The molecule has 0 aliphatic rings. The van der Waals surface area contributed by atoms with E-state index in [0.717, 1.165) is 10.0 Å². The van der Waals surface area contributed by atoms with Gasteiger partial charge in [0.2, 0.25) is 0 Å². The molecule has 0 atom stereocenters. The van der Waals surface area contributed by atoms with Crippen molar-refractivity contribution in [1.82, 2.24) is 10.7 Å². The molecule has 0 fully saturated rings. The molecule has 0 heterocycles. The van der Waals surface area contributed by atoms with E-state index in [1.165, 1.54) is 0 Å². The molecular weight excluding hydrogens is 366 g/mol. The summed E-state index contributed by atoms with van der Waals surface area (Å²) >= 11 is 8.53.